The third-order valence-electron chi connectivity index (χ3n) is 5.94. The maximum Gasteiger partial charge on any atom is 0.122 e. The van der Waals surface area contributed by atoms with Gasteiger partial charge in [-0.3, -0.25) is 14.3 Å². The topological polar surface area (TPSA) is 135 Å². The fourth-order valence-electron chi connectivity index (χ4n) is 4.23. The minimum absolute atomic E-state index is 0.0397. The Bertz CT molecular complexity index is 1360. The Morgan fingerprint density at radius 3 is 2.71 bits per heavy atom. The molecule has 4 aromatic heterocycles. The average Bonchev–Trinajstić information content (AvgIpc) is 3.37. The lowest BCUT2D eigenvalue weighted by Crippen LogP contribution is -2.46. The van der Waals surface area contributed by atoms with Gasteiger partial charge in [0.05, 0.1) is 41.2 Å². The third kappa shape index (κ3) is 2.99. The molecule has 0 atom stereocenters. The van der Waals surface area contributed by atoms with Crippen molar-refractivity contribution in [2.75, 3.05) is 5.73 Å². The summed E-state index contributed by atoms with van der Waals surface area (Å²) in [4.78, 5) is 9.34. The second-order valence-electron chi connectivity index (χ2n) is 7.94. The Hall–Kier alpha value is -4.24. The summed E-state index contributed by atoms with van der Waals surface area (Å²) in [5, 5.41) is 28.6. The van der Waals surface area contributed by atoms with Crippen molar-refractivity contribution in [3.05, 3.63) is 42.7 Å². The average molecular weight is 409 g/mol. The van der Waals surface area contributed by atoms with Gasteiger partial charge in [-0.25, -0.2) is 4.98 Å². The number of aromatic nitrogens is 6. The van der Waals surface area contributed by atoms with Crippen LogP contribution in [0.1, 0.15) is 19.3 Å². The zero-order chi connectivity index (χ0) is 21.6. The molecule has 1 aliphatic carbocycles. The van der Waals surface area contributed by atoms with E-state index < -0.39 is 5.54 Å². The van der Waals surface area contributed by atoms with Gasteiger partial charge in [-0.2, -0.15) is 20.7 Å². The minimum Gasteiger partial charge on any atom is -0.384 e. The van der Waals surface area contributed by atoms with Gasteiger partial charge in [0, 0.05) is 30.9 Å². The molecule has 4 heterocycles. The Balaban J connectivity index is 1.62. The molecule has 9 nitrogen and oxygen atoms in total. The van der Waals surface area contributed by atoms with Crippen LogP contribution in [-0.4, -0.2) is 29.5 Å². The van der Waals surface area contributed by atoms with Crippen LogP contribution in [0.4, 0.5) is 5.82 Å². The van der Waals surface area contributed by atoms with Gasteiger partial charge >= 0.3 is 0 Å². The van der Waals surface area contributed by atoms with E-state index in [9.17, 15) is 10.5 Å². The van der Waals surface area contributed by atoms with Gasteiger partial charge in [0.1, 0.15) is 22.9 Å². The van der Waals surface area contributed by atoms with E-state index in [1.165, 1.54) is 0 Å². The normalized spacial score (nSPS) is 20.2. The lowest BCUT2D eigenvalue weighted by molar-refractivity contribution is 0.0884. The molecule has 9 heteroatoms. The number of aryl methyl sites for hydroxylation is 1. The fourth-order valence-corrected chi connectivity index (χ4v) is 4.23. The summed E-state index contributed by atoms with van der Waals surface area (Å²) in [6.45, 7) is 0. The van der Waals surface area contributed by atoms with E-state index >= 15 is 0 Å². The van der Waals surface area contributed by atoms with Crippen LogP contribution < -0.4 is 5.73 Å². The lowest BCUT2D eigenvalue weighted by Gasteiger charge is -2.43. The highest BCUT2D eigenvalue weighted by Crippen LogP contribution is 2.46. The summed E-state index contributed by atoms with van der Waals surface area (Å²) >= 11 is 0. The quantitative estimate of drug-likeness (QED) is 0.547. The number of nitrogens with zero attached hydrogens (tertiary/aromatic N) is 8. The number of pyridine rings is 2. The first-order chi connectivity index (χ1) is 15.0. The standard InChI is InChI=1S/C22H19N9/c1-30-20(25)10-19(28-30)18-9-17-15(3-2-7-26-17)21(27-18)16-4-8-31(29-16)22(5-6-23)11-14(12-22)13-24/h2-4,7-10,14H,5,11-12,25H2,1H3/t14-,22-. The van der Waals surface area contributed by atoms with Crippen LogP contribution in [0, 0.1) is 28.6 Å². The fraction of sp³-hybridized carbons (Fsp3) is 0.273. The van der Waals surface area contributed by atoms with Crippen molar-refractivity contribution in [1.82, 2.24) is 29.5 Å². The number of rotatable bonds is 4. The third-order valence-corrected chi connectivity index (χ3v) is 5.94. The smallest absolute Gasteiger partial charge is 0.122 e. The van der Waals surface area contributed by atoms with E-state index in [1.54, 1.807) is 24.0 Å². The summed E-state index contributed by atoms with van der Waals surface area (Å²) in [7, 11) is 1.78. The maximum atomic E-state index is 9.33. The molecule has 0 saturated heterocycles. The zero-order valence-electron chi connectivity index (χ0n) is 16.9. The molecule has 4 aromatic rings. The van der Waals surface area contributed by atoms with Gasteiger partial charge in [-0.1, -0.05) is 0 Å². The van der Waals surface area contributed by atoms with Crippen molar-refractivity contribution in [2.45, 2.75) is 24.8 Å². The molecule has 1 fully saturated rings. The summed E-state index contributed by atoms with van der Waals surface area (Å²) < 4.78 is 3.43. The van der Waals surface area contributed by atoms with E-state index in [1.807, 2.05) is 35.1 Å². The Morgan fingerprint density at radius 1 is 1.16 bits per heavy atom. The number of hydrogen-bond donors (Lipinski definition) is 1. The summed E-state index contributed by atoms with van der Waals surface area (Å²) in [5.41, 5.74) is 8.98. The van der Waals surface area contributed by atoms with Gasteiger partial charge in [-0.05, 0) is 37.1 Å². The highest BCUT2D eigenvalue weighted by atomic mass is 15.3. The number of nitrogens with two attached hydrogens (primary N) is 1. The SMILES string of the molecule is Cn1nc(-c2cc3ncccc3c(-c3ccn([C@]4(CC#N)C[C@@H](C#N)C4)n3)n2)cc1N. The van der Waals surface area contributed by atoms with Crippen LogP contribution in [0.2, 0.25) is 0 Å². The van der Waals surface area contributed by atoms with E-state index in [0.29, 0.717) is 47.9 Å². The molecular formula is C22H19N9. The molecule has 1 saturated carbocycles. The minimum atomic E-state index is -0.436. The largest absolute Gasteiger partial charge is 0.384 e. The van der Waals surface area contributed by atoms with E-state index in [4.69, 9.17) is 15.8 Å². The molecule has 0 unspecified atom stereocenters. The molecule has 0 spiro atoms. The van der Waals surface area contributed by atoms with Crippen molar-refractivity contribution in [3.8, 4) is 34.9 Å². The predicted molar refractivity (Wildman–Crippen MR) is 114 cm³/mol. The van der Waals surface area contributed by atoms with E-state index in [-0.39, 0.29) is 5.92 Å². The number of fused-ring (bicyclic) bond motifs is 1. The highest BCUT2D eigenvalue weighted by Gasteiger charge is 2.46. The Morgan fingerprint density at radius 2 is 2.00 bits per heavy atom. The first kappa shape index (κ1) is 18.8. The molecular weight excluding hydrogens is 390 g/mol. The highest BCUT2D eigenvalue weighted by molar-refractivity contribution is 5.93. The van der Waals surface area contributed by atoms with Gasteiger partial charge in [0.25, 0.3) is 0 Å². The first-order valence-corrected chi connectivity index (χ1v) is 9.92. The molecule has 0 bridgehead atoms. The van der Waals surface area contributed by atoms with Crippen LogP contribution >= 0.6 is 0 Å². The lowest BCUT2D eigenvalue weighted by atomic mass is 9.67. The number of nitrogen functional groups attached to an aromatic ring is 1. The first-order valence-electron chi connectivity index (χ1n) is 9.92. The Kier molecular flexibility index (Phi) is 4.19. The van der Waals surface area contributed by atoms with E-state index in [2.05, 4.69) is 22.2 Å². The van der Waals surface area contributed by atoms with Crippen molar-refractivity contribution < 1.29 is 0 Å². The van der Waals surface area contributed by atoms with Crippen LogP contribution in [0.5, 0.6) is 0 Å². The molecule has 31 heavy (non-hydrogen) atoms. The summed E-state index contributed by atoms with van der Waals surface area (Å²) in [6, 6.07) is 13.9. The van der Waals surface area contributed by atoms with Gasteiger partial charge < -0.3 is 5.73 Å². The zero-order valence-corrected chi connectivity index (χ0v) is 16.9. The predicted octanol–water partition coefficient (Wildman–Crippen LogP) is 3.02. The van der Waals surface area contributed by atoms with Gasteiger partial charge in [-0.15, -0.1) is 0 Å². The van der Waals surface area contributed by atoms with Crippen LogP contribution in [-0.2, 0) is 12.6 Å². The molecule has 0 amide bonds. The van der Waals surface area contributed by atoms with E-state index in [0.717, 1.165) is 10.9 Å². The van der Waals surface area contributed by atoms with Crippen LogP contribution in [0.15, 0.2) is 42.7 Å². The van der Waals surface area contributed by atoms with Crippen LogP contribution in [0.3, 0.4) is 0 Å². The molecule has 152 valence electrons. The molecule has 1 aliphatic rings. The molecule has 0 aliphatic heterocycles. The molecule has 5 rings (SSSR count). The summed E-state index contributed by atoms with van der Waals surface area (Å²) in [6.07, 6.45) is 5.17. The van der Waals surface area contributed by atoms with Crippen molar-refractivity contribution >= 4 is 16.7 Å². The second-order valence-corrected chi connectivity index (χ2v) is 7.94. The van der Waals surface area contributed by atoms with Crippen molar-refractivity contribution in [3.63, 3.8) is 0 Å². The van der Waals surface area contributed by atoms with Crippen molar-refractivity contribution in [1.29, 1.82) is 10.5 Å². The van der Waals surface area contributed by atoms with Gasteiger partial charge in [0.15, 0.2) is 0 Å². The molecule has 0 radical (unpaired) electrons. The number of nitriles is 2. The monoisotopic (exact) mass is 409 g/mol. The van der Waals surface area contributed by atoms with Crippen LogP contribution in [0.25, 0.3) is 33.7 Å². The number of anilines is 1. The Labute approximate surface area is 178 Å². The molecule has 2 N–H and O–H groups in total. The van der Waals surface area contributed by atoms with Gasteiger partial charge in [0.2, 0.25) is 0 Å². The molecule has 0 aromatic carbocycles. The van der Waals surface area contributed by atoms with Crippen molar-refractivity contribution in [2.24, 2.45) is 13.0 Å². The number of hydrogen-bond acceptors (Lipinski definition) is 7. The second kappa shape index (κ2) is 6.92. The summed E-state index contributed by atoms with van der Waals surface area (Å²) in [5.74, 6) is 0.501. The maximum absolute atomic E-state index is 9.33.